The molecule has 1 heterocycles. The maximum atomic E-state index is 12.4. The topological polar surface area (TPSA) is 82.9 Å². The number of amides is 4. The molecule has 2 rings (SSSR count). The van der Waals surface area contributed by atoms with Crippen molar-refractivity contribution in [3.8, 4) is 0 Å². The Kier molecular flexibility index (Phi) is 5.70. The van der Waals surface area contributed by atoms with Gasteiger partial charge in [-0.1, -0.05) is 18.2 Å². The number of hydrogen-bond acceptors (Lipinski definition) is 3. The molecule has 0 spiro atoms. The van der Waals surface area contributed by atoms with Gasteiger partial charge in [-0.05, 0) is 19.1 Å². The highest BCUT2D eigenvalue weighted by Crippen LogP contribution is 2.04. The van der Waals surface area contributed by atoms with E-state index < -0.39 is 6.03 Å². The van der Waals surface area contributed by atoms with Crippen LogP contribution in [0.25, 0.3) is 0 Å². The zero-order chi connectivity index (χ0) is 16.8. The molecule has 1 aromatic carbocycles. The summed E-state index contributed by atoms with van der Waals surface area (Å²) in [5, 5.41) is 4.66. The quantitative estimate of drug-likeness (QED) is 0.659. The summed E-state index contributed by atoms with van der Waals surface area (Å²) in [5.41, 5.74) is 0.682. The molecule has 3 N–H and O–H groups in total. The predicted octanol–water partition coefficient (Wildman–Crippen LogP) is -1.13. The van der Waals surface area contributed by atoms with Crippen LogP contribution in [-0.4, -0.2) is 62.0 Å². The fourth-order valence-electron chi connectivity index (χ4n) is 2.66. The molecule has 1 aliphatic heterocycles. The summed E-state index contributed by atoms with van der Waals surface area (Å²) in [6.45, 7) is 4.35. The molecule has 1 atom stereocenters. The maximum Gasteiger partial charge on any atom is 0.321 e. The largest absolute Gasteiger partial charge is 0.341 e. The third kappa shape index (κ3) is 4.29. The van der Waals surface area contributed by atoms with Crippen molar-refractivity contribution in [3.05, 3.63) is 35.9 Å². The summed E-state index contributed by atoms with van der Waals surface area (Å²) in [6, 6.07) is 8.35. The van der Waals surface area contributed by atoms with E-state index in [4.69, 9.17) is 0 Å². The van der Waals surface area contributed by atoms with Gasteiger partial charge < -0.3 is 15.1 Å². The first-order valence-corrected chi connectivity index (χ1v) is 7.74. The van der Waals surface area contributed by atoms with Crippen LogP contribution in [0, 0.1) is 0 Å². The van der Waals surface area contributed by atoms with Crippen LogP contribution in [0.4, 0.5) is 4.79 Å². The number of quaternary nitrogens is 1. The molecule has 7 nitrogen and oxygen atoms in total. The van der Waals surface area contributed by atoms with Gasteiger partial charge in [-0.25, -0.2) is 4.79 Å². The fraction of sp³-hybridized carbons (Fsp3) is 0.438. The zero-order valence-corrected chi connectivity index (χ0v) is 13.5. The van der Waals surface area contributed by atoms with Crippen molar-refractivity contribution in [2.45, 2.75) is 13.0 Å². The number of hydrogen-bond donors (Lipinski definition) is 3. The summed E-state index contributed by atoms with van der Waals surface area (Å²) in [5.74, 6) is -0.283. The van der Waals surface area contributed by atoms with Crippen molar-refractivity contribution in [2.24, 2.45) is 0 Å². The standard InChI is InChI=1S/C16H22N4O3/c1-12(14(21)18-16(23)17-2)19-8-10-20(11-9-19)15(22)13-6-4-3-5-7-13/h3-7,12H,8-11H2,1-2H3,(H2,17,18,21,23)/p+1/t12-/m1/s1. The lowest BCUT2D eigenvalue weighted by Crippen LogP contribution is -3.19. The number of carbonyl (C=O) groups is 3. The van der Waals surface area contributed by atoms with Gasteiger partial charge in [0.25, 0.3) is 11.8 Å². The van der Waals surface area contributed by atoms with Crippen LogP contribution in [0.1, 0.15) is 17.3 Å². The van der Waals surface area contributed by atoms with E-state index >= 15 is 0 Å². The molecule has 0 radical (unpaired) electrons. The number of urea groups is 1. The van der Waals surface area contributed by atoms with E-state index in [0.29, 0.717) is 31.7 Å². The molecular weight excluding hydrogens is 296 g/mol. The molecule has 1 saturated heterocycles. The molecule has 0 unspecified atom stereocenters. The molecule has 0 aromatic heterocycles. The summed E-state index contributed by atoms with van der Waals surface area (Å²) < 4.78 is 0. The van der Waals surface area contributed by atoms with E-state index in [1.54, 1.807) is 19.1 Å². The normalized spacial score (nSPS) is 16.5. The lowest BCUT2D eigenvalue weighted by Gasteiger charge is -2.34. The molecule has 124 valence electrons. The summed E-state index contributed by atoms with van der Waals surface area (Å²) in [4.78, 5) is 38.4. The Morgan fingerprint density at radius 2 is 1.74 bits per heavy atom. The molecule has 23 heavy (non-hydrogen) atoms. The first kappa shape index (κ1) is 17.0. The Morgan fingerprint density at radius 1 is 1.13 bits per heavy atom. The van der Waals surface area contributed by atoms with Gasteiger partial charge in [0.05, 0.1) is 26.2 Å². The van der Waals surface area contributed by atoms with Crippen molar-refractivity contribution in [1.82, 2.24) is 15.5 Å². The van der Waals surface area contributed by atoms with Gasteiger partial charge in [0.15, 0.2) is 6.04 Å². The predicted molar refractivity (Wildman–Crippen MR) is 85.1 cm³/mol. The molecular formula is C16H23N4O3+. The minimum atomic E-state index is -0.501. The van der Waals surface area contributed by atoms with Crippen molar-refractivity contribution in [1.29, 1.82) is 0 Å². The Bertz CT molecular complexity index is 568. The minimum absolute atomic E-state index is 0.0205. The third-order valence-electron chi connectivity index (χ3n) is 4.18. The van der Waals surface area contributed by atoms with Gasteiger partial charge in [-0.15, -0.1) is 0 Å². The van der Waals surface area contributed by atoms with E-state index in [1.165, 1.54) is 7.05 Å². The van der Waals surface area contributed by atoms with E-state index in [-0.39, 0.29) is 17.9 Å². The highest BCUT2D eigenvalue weighted by atomic mass is 16.2. The molecule has 7 heteroatoms. The Morgan fingerprint density at radius 3 is 2.30 bits per heavy atom. The van der Waals surface area contributed by atoms with Gasteiger partial charge in [0, 0.05) is 12.6 Å². The van der Waals surface area contributed by atoms with Crippen LogP contribution in [0.2, 0.25) is 0 Å². The van der Waals surface area contributed by atoms with Crippen LogP contribution >= 0.6 is 0 Å². The van der Waals surface area contributed by atoms with Crippen LogP contribution in [0.15, 0.2) is 30.3 Å². The van der Waals surface area contributed by atoms with Gasteiger partial charge in [-0.2, -0.15) is 0 Å². The van der Waals surface area contributed by atoms with Gasteiger partial charge in [0.2, 0.25) is 0 Å². The van der Waals surface area contributed by atoms with Crippen molar-refractivity contribution < 1.29 is 19.3 Å². The average molecular weight is 319 g/mol. The maximum absolute atomic E-state index is 12.4. The average Bonchev–Trinajstić information content (AvgIpc) is 2.61. The van der Waals surface area contributed by atoms with Crippen LogP contribution in [-0.2, 0) is 4.79 Å². The number of nitrogens with one attached hydrogen (secondary N) is 3. The molecule has 0 saturated carbocycles. The highest BCUT2D eigenvalue weighted by Gasteiger charge is 2.31. The second-order valence-electron chi connectivity index (χ2n) is 5.61. The van der Waals surface area contributed by atoms with Crippen molar-refractivity contribution >= 4 is 17.8 Å². The number of nitrogens with zero attached hydrogens (tertiary/aromatic N) is 1. The van der Waals surface area contributed by atoms with Gasteiger partial charge >= 0.3 is 6.03 Å². The molecule has 1 aliphatic rings. The summed E-state index contributed by atoms with van der Waals surface area (Å²) in [6.07, 6.45) is 0. The second kappa shape index (κ2) is 7.73. The lowest BCUT2D eigenvalue weighted by atomic mass is 10.1. The summed E-state index contributed by atoms with van der Waals surface area (Å²) >= 11 is 0. The van der Waals surface area contributed by atoms with Gasteiger partial charge in [-0.3, -0.25) is 14.9 Å². The monoisotopic (exact) mass is 319 g/mol. The number of piperazine rings is 1. The zero-order valence-electron chi connectivity index (χ0n) is 13.5. The van der Waals surface area contributed by atoms with E-state index in [1.807, 2.05) is 23.1 Å². The van der Waals surface area contributed by atoms with Crippen molar-refractivity contribution in [2.75, 3.05) is 33.2 Å². The van der Waals surface area contributed by atoms with E-state index in [9.17, 15) is 14.4 Å². The number of rotatable bonds is 3. The Balaban J connectivity index is 1.87. The molecule has 0 aliphatic carbocycles. The van der Waals surface area contributed by atoms with E-state index in [0.717, 1.165) is 4.90 Å². The fourth-order valence-corrected chi connectivity index (χ4v) is 2.66. The van der Waals surface area contributed by atoms with Gasteiger partial charge in [0.1, 0.15) is 0 Å². The summed E-state index contributed by atoms with van der Waals surface area (Å²) in [7, 11) is 1.47. The third-order valence-corrected chi connectivity index (χ3v) is 4.18. The number of imide groups is 1. The Labute approximate surface area is 135 Å². The lowest BCUT2D eigenvalue weighted by molar-refractivity contribution is -0.917. The number of benzene rings is 1. The molecule has 0 bridgehead atoms. The molecule has 1 aromatic rings. The number of carbonyl (C=O) groups excluding carboxylic acids is 3. The minimum Gasteiger partial charge on any atom is -0.341 e. The smallest absolute Gasteiger partial charge is 0.321 e. The second-order valence-corrected chi connectivity index (χ2v) is 5.61. The Hall–Kier alpha value is -2.41. The highest BCUT2D eigenvalue weighted by molar-refractivity contribution is 5.96. The molecule has 4 amide bonds. The van der Waals surface area contributed by atoms with Crippen LogP contribution in [0.5, 0.6) is 0 Å². The van der Waals surface area contributed by atoms with Crippen LogP contribution < -0.4 is 15.5 Å². The molecule has 1 fully saturated rings. The first-order chi connectivity index (χ1) is 11.0. The SMILES string of the molecule is CNC(=O)NC(=O)[C@@H](C)[NH+]1CCN(C(=O)c2ccccc2)CC1. The van der Waals surface area contributed by atoms with Crippen LogP contribution in [0.3, 0.4) is 0 Å². The first-order valence-electron chi connectivity index (χ1n) is 7.74. The van der Waals surface area contributed by atoms with E-state index in [2.05, 4.69) is 10.6 Å². The van der Waals surface area contributed by atoms with Crippen molar-refractivity contribution in [3.63, 3.8) is 0 Å².